The number of thioether (sulfide) groups is 1. The molecule has 1 aliphatic heterocycles. The van der Waals surface area contributed by atoms with E-state index in [1.54, 1.807) is 14.2 Å². The standard InChI is InChI=1S/C18H21N5O4S2/c1-24-13-6-5-11(8-14(13)25-2)16-20-15(27-23-16)10-28-18-22-21-17(29-18)19-9-12-4-3-7-26-12/h5-6,8,12H,3-4,7,9-10H2,1-2H3,(H,19,21)/t12-/m1/s1. The van der Waals surface area contributed by atoms with Crippen molar-refractivity contribution in [2.45, 2.75) is 29.0 Å². The van der Waals surface area contributed by atoms with Gasteiger partial charge < -0.3 is 24.1 Å². The Kier molecular flexibility index (Phi) is 6.47. The molecule has 2 aromatic heterocycles. The second kappa shape index (κ2) is 9.42. The number of anilines is 1. The average molecular weight is 436 g/mol. The highest BCUT2D eigenvalue weighted by atomic mass is 32.2. The number of ether oxygens (including phenoxy) is 3. The molecule has 0 spiro atoms. The first-order chi connectivity index (χ1) is 14.2. The Morgan fingerprint density at radius 3 is 2.93 bits per heavy atom. The van der Waals surface area contributed by atoms with Gasteiger partial charge in [-0.05, 0) is 31.0 Å². The maximum Gasteiger partial charge on any atom is 0.237 e. The van der Waals surface area contributed by atoms with E-state index in [4.69, 9.17) is 18.7 Å². The van der Waals surface area contributed by atoms with E-state index in [0.29, 0.717) is 29.0 Å². The van der Waals surface area contributed by atoms with Crippen LogP contribution in [0.1, 0.15) is 18.7 Å². The van der Waals surface area contributed by atoms with E-state index in [1.807, 2.05) is 18.2 Å². The van der Waals surface area contributed by atoms with Gasteiger partial charge in [0.15, 0.2) is 15.8 Å². The number of rotatable bonds is 9. The summed E-state index contributed by atoms with van der Waals surface area (Å²) in [7, 11) is 3.18. The molecule has 3 heterocycles. The van der Waals surface area contributed by atoms with Gasteiger partial charge in [0.05, 0.1) is 26.1 Å². The average Bonchev–Trinajstić information content (AvgIpc) is 3.52. The molecule has 4 rings (SSSR count). The van der Waals surface area contributed by atoms with Crippen LogP contribution < -0.4 is 14.8 Å². The van der Waals surface area contributed by atoms with Gasteiger partial charge in [0.25, 0.3) is 0 Å². The van der Waals surface area contributed by atoms with Crippen LogP contribution >= 0.6 is 23.1 Å². The Morgan fingerprint density at radius 1 is 1.24 bits per heavy atom. The van der Waals surface area contributed by atoms with Gasteiger partial charge in [-0.15, -0.1) is 10.2 Å². The molecule has 0 bridgehead atoms. The van der Waals surface area contributed by atoms with Crippen LogP contribution in [0.2, 0.25) is 0 Å². The second-order valence-electron chi connectivity index (χ2n) is 6.26. The van der Waals surface area contributed by atoms with Crippen molar-refractivity contribution < 1.29 is 18.7 Å². The number of hydrogen-bond donors (Lipinski definition) is 1. The van der Waals surface area contributed by atoms with Crippen molar-refractivity contribution in [3.63, 3.8) is 0 Å². The van der Waals surface area contributed by atoms with Gasteiger partial charge >= 0.3 is 0 Å². The van der Waals surface area contributed by atoms with Crippen molar-refractivity contribution in [2.24, 2.45) is 0 Å². The SMILES string of the molecule is COc1ccc(-c2noc(CSc3nnc(NC[C@H]4CCCO4)s3)n2)cc1OC. The van der Waals surface area contributed by atoms with Crippen LogP contribution in [0.5, 0.6) is 11.5 Å². The summed E-state index contributed by atoms with van der Waals surface area (Å²) in [6, 6.07) is 5.49. The number of hydrogen-bond acceptors (Lipinski definition) is 11. The smallest absolute Gasteiger partial charge is 0.237 e. The minimum atomic E-state index is 0.267. The van der Waals surface area contributed by atoms with E-state index in [9.17, 15) is 0 Å². The van der Waals surface area contributed by atoms with Gasteiger partial charge in [0.1, 0.15) is 0 Å². The van der Waals surface area contributed by atoms with Gasteiger partial charge in [-0.25, -0.2) is 0 Å². The fraction of sp³-hybridized carbons (Fsp3) is 0.444. The summed E-state index contributed by atoms with van der Waals surface area (Å²) in [5.41, 5.74) is 0.791. The normalized spacial score (nSPS) is 16.1. The molecule has 0 unspecified atom stereocenters. The number of nitrogens with one attached hydrogen (secondary N) is 1. The summed E-state index contributed by atoms with van der Waals surface area (Å²) in [5.74, 6) is 2.79. The summed E-state index contributed by atoms with van der Waals surface area (Å²) >= 11 is 3.01. The monoisotopic (exact) mass is 435 g/mol. The first kappa shape index (κ1) is 19.9. The van der Waals surface area contributed by atoms with Crippen LogP contribution in [0.25, 0.3) is 11.4 Å². The largest absolute Gasteiger partial charge is 0.493 e. The van der Waals surface area contributed by atoms with E-state index < -0.39 is 0 Å². The van der Waals surface area contributed by atoms with Gasteiger partial charge in [-0.1, -0.05) is 28.3 Å². The lowest BCUT2D eigenvalue weighted by molar-refractivity contribution is 0.120. The van der Waals surface area contributed by atoms with Crippen LogP contribution in [0.3, 0.4) is 0 Å². The lowest BCUT2D eigenvalue weighted by atomic mass is 10.2. The molecule has 1 aliphatic rings. The maximum atomic E-state index is 5.60. The molecular formula is C18H21N5O4S2. The molecule has 0 amide bonds. The van der Waals surface area contributed by atoms with Crippen molar-refractivity contribution in [1.29, 1.82) is 0 Å². The molecular weight excluding hydrogens is 414 g/mol. The third kappa shape index (κ3) is 4.98. The second-order valence-corrected chi connectivity index (χ2v) is 8.46. The predicted octanol–water partition coefficient (Wildman–Crippen LogP) is 3.49. The lowest BCUT2D eigenvalue weighted by Crippen LogP contribution is -2.18. The molecule has 0 radical (unpaired) electrons. The van der Waals surface area contributed by atoms with Crippen LogP contribution in [0.15, 0.2) is 27.1 Å². The summed E-state index contributed by atoms with van der Waals surface area (Å²) < 4.78 is 22.4. The van der Waals surface area contributed by atoms with Crippen LogP contribution in [0, 0.1) is 0 Å². The maximum absolute atomic E-state index is 5.60. The predicted molar refractivity (Wildman–Crippen MR) is 110 cm³/mol. The number of methoxy groups -OCH3 is 2. The highest BCUT2D eigenvalue weighted by Gasteiger charge is 2.16. The molecule has 11 heteroatoms. The van der Waals surface area contributed by atoms with Gasteiger partial charge in [-0.2, -0.15) is 4.98 Å². The van der Waals surface area contributed by atoms with E-state index in [2.05, 4.69) is 25.7 Å². The lowest BCUT2D eigenvalue weighted by Gasteiger charge is -2.08. The molecule has 29 heavy (non-hydrogen) atoms. The van der Waals surface area contributed by atoms with E-state index in [-0.39, 0.29) is 6.10 Å². The summed E-state index contributed by atoms with van der Waals surface area (Å²) in [5, 5.41) is 16.5. The fourth-order valence-electron chi connectivity index (χ4n) is 2.88. The van der Waals surface area contributed by atoms with Gasteiger partial charge in [0.2, 0.25) is 16.8 Å². The molecule has 9 nitrogen and oxygen atoms in total. The molecule has 3 aromatic rings. The van der Waals surface area contributed by atoms with Gasteiger partial charge in [-0.3, -0.25) is 0 Å². The molecule has 1 fully saturated rings. The summed E-state index contributed by atoms with van der Waals surface area (Å²) in [6.07, 6.45) is 2.48. The van der Waals surface area contributed by atoms with Crippen molar-refractivity contribution in [3.8, 4) is 22.9 Å². The van der Waals surface area contributed by atoms with Crippen molar-refractivity contribution in [1.82, 2.24) is 20.3 Å². The Bertz CT molecular complexity index is 942. The zero-order chi connectivity index (χ0) is 20.1. The highest BCUT2D eigenvalue weighted by Crippen LogP contribution is 2.32. The van der Waals surface area contributed by atoms with Crippen molar-refractivity contribution in [3.05, 3.63) is 24.1 Å². The molecule has 1 atom stereocenters. The molecule has 1 saturated heterocycles. The molecule has 0 aliphatic carbocycles. The topological polar surface area (TPSA) is 104 Å². The first-order valence-corrected chi connectivity index (χ1v) is 10.9. The van der Waals surface area contributed by atoms with Crippen LogP contribution in [0.4, 0.5) is 5.13 Å². The van der Waals surface area contributed by atoms with E-state index >= 15 is 0 Å². The molecule has 1 aromatic carbocycles. The number of aromatic nitrogens is 4. The van der Waals surface area contributed by atoms with E-state index in [0.717, 1.165) is 41.0 Å². The highest BCUT2D eigenvalue weighted by molar-refractivity contribution is 8.00. The zero-order valence-electron chi connectivity index (χ0n) is 16.1. The Labute approximate surface area is 176 Å². The van der Waals surface area contributed by atoms with E-state index in [1.165, 1.54) is 23.1 Å². The Balaban J connectivity index is 1.33. The van der Waals surface area contributed by atoms with Crippen molar-refractivity contribution >= 4 is 28.2 Å². The first-order valence-electron chi connectivity index (χ1n) is 9.12. The minimum Gasteiger partial charge on any atom is -0.493 e. The molecule has 1 N–H and O–H groups in total. The number of benzene rings is 1. The summed E-state index contributed by atoms with van der Waals surface area (Å²) in [6.45, 7) is 1.61. The molecule has 154 valence electrons. The number of nitrogens with zero attached hydrogens (tertiary/aromatic N) is 4. The van der Waals surface area contributed by atoms with Crippen LogP contribution in [-0.2, 0) is 10.5 Å². The molecule has 0 saturated carbocycles. The summed E-state index contributed by atoms with van der Waals surface area (Å²) in [4.78, 5) is 4.45. The zero-order valence-corrected chi connectivity index (χ0v) is 17.7. The third-order valence-corrected chi connectivity index (χ3v) is 6.34. The quantitative estimate of drug-likeness (QED) is 0.502. The Morgan fingerprint density at radius 2 is 2.14 bits per heavy atom. The van der Waals surface area contributed by atoms with Crippen LogP contribution in [-0.4, -0.2) is 53.8 Å². The van der Waals surface area contributed by atoms with Crippen molar-refractivity contribution in [2.75, 3.05) is 32.7 Å². The van der Waals surface area contributed by atoms with Gasteiger partial charge in [0, 0.05) is 18.7 Å². The Hall–Kier alpha value is -2.37. The fourth-order valence-corrected chi connectivity index (χ4v) is 4.47. The minimum absolute atomic E-state index is 0.267. The third-order valence-electron chi connectivity index (χ3n) is 4.34.